The van der Waals surface area contributed by atoms with Gasteiger partial charge in [-0.25, -0.2) is 9.78 Å². The Labute approximate surface area is 264 Å². The average molecular weight is 641 g/mol. The molecule has 2 atom stereocenters. The highest BCUT2D eigenvalue weighted by Crippen LogP contribution is 2.33. The van der Waals surface area contributed by atoms with E-state index in [0.717, 1.165) is 30.8 Å². The summed E-state index contributed by atoms with van der Waals surface area (Å²) >= 11 is 6.05. The van der Waals surface area contributed by atoms with Crippen LogP contribution >= 0.6 is 11.6 Å². The zero-order valence-corrected chi connectivity index (χ0v) is 26.6. The highest BCUT2D eigenvalue weighted by atomic mass is 35.5. The molecule has 1 saturated heterocycles. The molecule has 2 aromatic rings. The number of ether oxygens (including phenoxy) is 7. The van der Waals surface area contributed by atoms with Crippen LogP contribution in [-0.2, 0) is 33.2 Å². The molecule has 0 saturated carbocycles. The molecule has 0 aliphatic carbocycles. The van der Waals surface area contributed by atoms with Gasteiger partial charge in [-0.05, 0) is 25.8 Å². The molecule has 44 heavy (non-hydrogen) atoms. The van der Waals surface area contributed by atoms with Crippen LogP contribution in [0.15, 0.2) is 24.4 Å². The molecule has 0 amide bonds. The molecule has 0 spiro atoms. The Balaban J connectivity index is 1.25. The molecule has 2 unspecified atom stereocenters. The Hall–Kier alpha value is -3.01. The van der Waals surface area contributed by atoms with Gasteiger partial charge in [-0.2, -0.15) is 0 Å². The number of halogens is 1. The zero-order chi connectivity index (χ0) is 31.6. The van der Waals surface area contributed by atoms with Crippen LogP contribution in [-0.4, -0.2) is 127 Å². The molecular formula is C29H45ClN6O8. The normalized spacial score (nSPS) is 16.3. The van der Waals surface area contributed by atoms with Crippen LogP contribution < -0.4 is 20.3 Å². The number of pyridine rings is 1. The van der Waals surface area contributed by atoms with Crippen molar-refractivity contribution in [1.82, 2.24) is 15.2 Å². The van der Waals surface area contributed by atoms with E-state index in [1.165, 1.54) is 7.11 Å². The third kappa shape index (κ3) is 12.5. The van der Waals surface area contributed by atoms with Crippen LogP contribution in [0.1, 0.15) is 19.8 Å². The maximum atomic E-state index is 10.9. The first-order valence-corrected chi connectivity index (χ1v) is 15.1. The number of esters is 1. The van der Waals surface area contributed by atoms with Crippen LogP contribution in [0, 0.1) is 0 Å². The summed E-state index contributed by atoms with van der Waals surface area (Å²) in [7, 11) is 3.30. The molecule has 3 heterocycles. The number of nitrogens with zero attached hydrogens (tertiary/aromatic N) is 5. The molecule has 14 nitrogen and oxygen atoms in total. The monoisotopic (exact) mass is 640 g/mol. The number of carbonyl (C=O) groups excluding carboxylic acids is 1. The first-order chi connectivity index (χ1) is 21.4. The van der Waals surface area contributed by atoms with E-state index in [0.29, 0.717) is 89.0 Å². The first kappa shape index (κ1) is 35.5. The van der Waals surface area contributed by atoms with Crippen molar-refractivity contribution in [2.24, 2.45) is 0 Å². The van der Waals surface area contributed by atoms with Crippen LogP contribution in [0.4, 0.5) is 17.2 Å². The predicted molar refractivity (Wildman–Crippen MR) is 166 cm³/mol. The van der Waals surface area contributed by atoms with Gasteiger partial charge in [0.05, 0.1) is 72.3 Å². The van der Waals surface area contributed by atoms with Crippen molar-refractivity contribution in [2.45, 2.75) is 31.8 Å². The fraction of sp³-hybridized carbons (Fsp3) is 0.655. The molecule has 15 heteroatoms. The van der Waals surface area contributed by atoms with E-state index in [1.807, 2.05) is 19.2 Å². The number of carbonyl (C=O) groups is 1. The van der Waals surface area contributed by atoms with Gasteiger partial charge < -0.3 is 48.7 Å². The van der Waals surface area contributed by atoms with Crippen molar-refractivity contribution in [3.63, 3.8) is 0 Å². The number of methoxy groups -OCH3 is 1. The Morgan fingerprint density at radius 2 is 1.57 bits per heavy atom. The van der Waals surface area contributed by atoms with Crippen LogP contribution in [0.5, 0.6) is 5.88 Å². The minimum atomic E-state index is -0.410. The van der Waals surface area contributed by atoms with Crippen molar-refractivity contribution < 1.29 is 38.0 Å². The molecule has 1 aliphatic rings. The molecule has 3 rings (SSSR count). The van der Waals surface area contributed by atoms with Gasteiger partial charge in [-0.3, -0.25) is 0 Å². The lowest BCUT2D eigenvalue weighted by atomic mass is 10.2. The summed E-state index contributed by atoms with van der Waals surface area (Å²) in [4.78, 5) is 19.8. The summed E-state index contributed by atoms with van der Waals surface area (Å²) in [5, 5.41) is 8.07. The van der Waals surface area contributed by atoms with Gasteiger partial charge in [-0.1, -0.05) is 11.6 Å². The third-order valence-corrected chi connectivity index (χ3v) is 7.07. The smallest absolute Gasteiger partial charge is 0.331 e. The quantitative estimate of drug-likeness (QED) is 0.148. The summed E-state index contributed by atoms with van der Waals surface area (Å²) in [6, 6.07) is 6.36. The molecule has 246 valence electrons. The Morgan fingerprint density at radius 3 is 2.20 bits per heavy atom. The van der Waals surface area contributed by atoms with Gasteiger partial charge in [0.15, 0.2) is 11.0 Å². The van der Waals surface area contributed by atoms with Crippen LogP contribution in [0.3, 0.4) is 0 Å². The third-order valence-electron chi connectivity index (χ3n) is 6.88. The van der Waals surface area contributed by atoms with Gasteiger partial charge >= 0.3 is 5.97 Å². The van der Waals surface area contributed by atoms with Gasteiger partial charge in [0, 0.05) is 49.7 Å². The molecule has 0 radical (unpaired) electrons. The van der Waals surface area contributed by atoms with E-state index >= 15 is 0 Å². The summed E-state index contributed by atoms with van der Waals surface area (Å²) in [6.07, 6.45) is 3.89. The van der Waals surface area contributed by atoms with E-state index < -0.39 is 5.97 Å². The minimum Gasteiger partial charge on any atom is -0.475 e. The van der Waals surface area contributed by atoms with E-state index in [1.54, 1.807) is 12.3 Å². The predicted octanol–water partition coefficient (Wildman–Crippen LogP) is 2.24. The lowest BCUT2D eigenvalue weighted by Gasteiger charge is -2.34. The maximum Gasteiger partial charge on any atom is 0.331 e. The number of aromatic nitrogens is 3. The van der Waals surface area contributed by atoms with Crippen molar-refractivity contribution in [2.75, 3.05) is 109 Å². The largest absolute Gasteiger partial charge is 0.475 e. The minimum absolute atomic E-state index is 0.0753. The van der Waals surface area contributed by atoms with Gasteiger partial charge in [0.1, 0.15) is 13.2 Å². The fourth-order valence-electron chi connectivity index (χ4n) is 4.74. The number of nitrogens with two attached hydrogens (primary N) is 1. The maximum absolute atomic E-state index is 10.9. The number of anilines is 3. The number of hydrogen-bond donors (Lipinski definition) is 1. The van der Waals surface area contributed by atoms with Crippen molar-refractivity contribution >= 4 is 34.8 Å². The van der Waals surface area contributed by atoms with E-state index in [4.69, 9.17) is 45.8 Å². The van der Waals surface area contributed by atoms with Gasteiger partial charge in [0.25, 0.3) is 0 Å². The molecule has 1 aliphatic heterocycles. The number of hydrogen-bond acceptors (Lipinski definition) is 14. The second-order valence-electron chi connectivity index (χ2n) is 10.1. The van der Waals surface area contributed by atoms with Crippen molar-refractivity contribution in [1.29, 1.82) is 0 Å². The number of rotatable bonds is 22. The fourth-order valence-corrected chi connectivity index (χ4v) is 4.88. The highest BCUT2D eigenvalue weighted by Gasteiger charge is 2.32. The van der Waals surface area contributed by atoms with E-state index in [2.05, 4.69) is 36.6 Å². The zero-order valence-electron chi connectivity index (χ0n) is 25.8. The summed E-state index contributed by atoms with van der Waals surface area (Å²) in [5.74, 6) is 0.498. The molecule has 0 bridgehead atoms. The Morgan fingerprint density at radius 1 is 0.955 bits per heavy atom. The van der Waals surface area contributed by atoms with Crippen LogP contribution in [0.25, 0.3) is 0 Å². The Kier molecular flexibility index (Phi) is 16.2. The lowest BCUT2D eigenvalue weighted by Crippen LogP contribution is -2.42. The second kappa shape index (κ2) is 20.1. The molecule has 2 aromatic heterocycles. The highest BCUT2D eigenvalue weighted by molar-refractivity contribution is 6.29. The van der Waals surface area contributed by atoms with Crippen molar-refractivity contribution in [3.8, 4) is 5.88 Å². The topological polar surface area (TPSA) is 153 Å². The second-order valence-corrected chi connectivity index (χ2v) is 10.5. The molecule has 0 aromatic carbocycles. The number of likely N-dealkylation sites (N-methyl/N-ethyl adjacent to an activating group) is 1. The molecule has 1 fully saturated rings. The SMILES string of the molecule is COC(=O)COCCOCCOCCOCCOCCOc1cc(N2C(C)CCC2CN(C)c2cc(Cl)nnc2N)ccn1. The standard InChI is InChI=1S/C29H45ClN6O8/c1-22-4-5-24(20-35(2)25-19-26(30)33-34-29(25)31)36(22)23-6-7-32-27(18-23)44-17-16-42-13-12-40-9-8-39-10-11-41-14-15-43-21-28(37)38-3/h6-7,18-19,22,24H,4-5,8-17,20-21H2,1-3H3,(H2,31,34). The summed E-state index contributed by atoms with van der Waals surface area (Å²) in [5.41, 5.74) is 7.87. The average Bonchev–Trinajstić information content (AvgIpc) is 3.38. The van der Waals surface area contributed by atoms with Gasteiger partial charge in [0.2, 0.25) is 5.88 Å². The Bertz CT molecular complexity index is 1120. The molecule has 2 N–H and O–H groups in total. The summed E-state index contributed by atoms with van der Waals surface area (Å²) < 4.78 is 37.3. The summed E-state index contributed by atoms with van der Waals surface area (Å²) in [6.45, 7) is 7.13. The first-order valence-electron chi connectivity index (χ1n) is 14.7. The van der Waals surface area contributed by atoms with E-state index in [9.17, 15) is 4.79 Å². The molecular weight excluding hydrogens is 596 g/mol. The van der Waals surface area contributed by atoms with E-state index in [-0.39, 0.29) is 12.6 Å². The van der Waals surface area contributed by atoms with Gasteiger partial charge in [-0.15, -0.1) is 10.2 Å². The lowest BCUT2D eigenvalue weighted by molar-refractivity contribution is -0.146. The van der Waals surface area contributed by atoms with Crippen LogP contribution in [0.2, 0.25) is 5.15 Å². The van der Waals surface area contributed by atoms with Crippen molar-refractivity contribution in [3.05, 3.63) is 29.5 Å². The number of nitrogen functional groups attached to an aromatic ring is 1.